The molecule has 4 rings (SSSR count). The molecule has 0 fully saturated rings. The molecule has 4 nitrogen and oxygen atoms in total. The Hall–Kier alpha value is -3.50. The van der Waals surface area contributed by atoms with Crippen molar-refractivity contribution >= 4 is 27.8 Å². The van der Waals surface area contributed by atoms with Crippen molar-refractivity contribution in [3.05, 3.63) is 53.6 Å². The second kappa shape index (κ2) is 4.25. The van der Waals surface area contributed by atoms with Gasteiger partial charge in [0.1, 0.15) is 12.1 Å². The first-order valence-electron chi connectivity index (χ1n) is 6.81. The smallest absolute Gasteiger partial charge is 0.102 e. The summed E-state index contributed by atoms with van der Waals surface area (Å²) in [6.07, 6.45) is 0. The van der Waals surface area contributed by atoms with Crippen molar-refractivity contribution < 1.29 is 0 Å². The number of hydrogen-bond acceptors (Lipinski definition) is 4. The van der Waals surface area contributed by atoms with Gasteiger partial charge in [0, 0.05) is 33.3 Å². The van der Waals surface area contributed by atoms with Gasteiger partial charge in [0.2, 0.25) is 0 Å². The highest BCUT2D eigenvalue weighted by molar-refractivity contribution is 6.16. The van der Waals surface area contributed by atoms with Crippen molar-refractivity contribution in [2.75, 3.05) is 11.1 Å². The molecule has 0 bridgehead atoms. The fraction of sp³-hybridized carbons (Fsp3) is 0. The summed E-state index contributed by atoms with van der Waals surface area (Å²) in [5.74, 6) is 0. The van der Waals surface area contributed by atoms with Gasteiger partial charge in [-0.15, -0.1) is 0 Å². The van der Waals surface area contributed by atoms with Gasteiger partial charge in [0.15, 0.2) is 0 Å². The molecular formula is C18H10N4. The van der Waals surface area contributed by atoms with E-state index >= 15 is 0 Å². The number of nitrogens with one attached hydrogen (secondary N) is 1. The van der Waals surface area contributed by atoms with Crippen LogP contribution >= 0.6 is 0 Å². The first kappa shape index (κ1) is 12.3. The Morgan fingerprint density at radius 2 is 1.59 bits per heavy atom. The van der Waals surface area contributed by atoms with Gasteiger partial charge in [-0.3, -0.25) is 0 Å². The Kier molecular flexibility index (Phi) is 2.37. The molecule has 3 aromatic rings. The van der Waals surface area contributed by atoms with Crippen LogP contribution in [0, 0.1) is 22.7 Å². The molecule has 1 heterocycles. The molecule has 102 valence electrons. The number of nitrogens with zero attached hydrogens (tertiary/aromatic N) is 2. The summed E-state index contributed by atoms with van der Waals surface area (Å²) in [6.45, 7) is 0. The zero-order valence-electron chi connectivity index (χ0n) is 11.5. The van der Waals surface area contributed by atoms with Gasteiger partial charge in [-0.1, -0.05) is 30.3 Å². The topological polar surface area (TPSA) is 85.6 Å². The van der Waals surface area contributed by atoms with Crippen LogP contribution in [0.3, 0.4) is 0 Å². The number of rotatable bonds is 0. The maximum Gasteiger partial charge on any atom is 0.102 e. The van der Waals surface area contributed by atoms with Gasteiger partial charge in [0.25, 0.3) is 0 Å². The number of anilines is 3. The highest BCUT2D eigenvalue weighted by Crippen LogP contribution is 2.48. The quantitative estimate of drug-likeness (QED) is 0.479. The van der Waals surface area contributed by atoms with Crippen molar-refractivity contribution in [2.24, 2.45) is 0 Å². The molecular weight excluding hydrogens is 272 g/mol. The summed E-state index contributed by atoms with van der Waals surface area (Å²) >= 11 is 0. The molecule has 0 unspecified atom stereocenters. The van der Waals surface area contributed by atoms with Crippen molar-refractivity contribution in [1.82, 2.24) is 0 Å². The zero-order valence-corrected chi connectivity index (χ0v) is 11.5. The molecule has 22 heavy (non-hydrogen) atoms. The van der Waals surface area contributed by atoms with Gasteiger partial charge in [-0.05, 0) is 12.1 Å². The molecule has 0 radical (unpaired) electrons. The average Bonchev–Trinajstić information content (AvgIpc) is 2.55. The molecule has 4 heteroatoms. The van der Waals surface area contributed by atoms with Gasteiger partial charge in [0.05, 0.1) is 16.8 Å². The summed E-state index contributed by atoms with van der Waals surface area (Å²) in [7, 11) is 0. The van der Waals surface area contributed by atoms with Gasteiger partial charge < -0.3 is 11.1 Å². The van der Waals surface area contributed by atoms with Crippen LogP contribution < -0.4 is 11.1 Å². The third kappa shape index (κ3) is 1.38. The van der Waals surface area contributed by atoms with E-state index < -0.39 is 0 Å². The molecule has 3 aromatic carbocycles. The number of nitrogen functional groups attached to an aromatic ring is 1. The van der Waals surface area contributed by atoms with Crippen LogP contribution in [0.4, 0.5) is 17.1 Å². The van der Waals surface area contributed by atoms with Crippen LogP contribution in [0.1, 0.15) is 11.1 Å². The molecule has 0 saturated carbocycles. The summed E-state index contributed by atoms with van der Waals surface area (Å²) in [5, 5.41) is 24.1. The van der Waals surface area contributed by atoms with Crippen LogP contribution in [0.15, 0.2) is 42.5 Å². The molecule has 1 aliphatic rings. The standard InChI is InChI=1S/C18H10N4/c19-8-12-10-5-3-7-15-17(10)16(13(9-20)18(12)21)11-4-1-2-6-14(11)22-15/h1-7,22H,21H2. The van der Waals surface area contributed by atoms with Crippen molar-refractivity contribution in [1.29, 1.82) is 10.5 Å². The molecule has 3 N–H and O–H groups in total. The maximum atomic E-state index is 9.59. The van der Waals surface area contributed by atoms with E-state index in [1.807, 2.05) is 42.5 Å². The number of fused-ring (bicyclic) bond motifs is 2. The number of benzene rings is 3. The minimum absolute atomic E-state index is 0.251. The lowest BCUT2D eigenvalue weighted by Crippen LogP contribution is -2.06. The third-order valence-electron chi connectivity index (χ3n) is 4.06. The molecule has 0 aromatic heterocycles. The van der Waals surface area contributed by atoms with E-state index in [0.29, 0.717) is 11.1 Å². The number of nitrogens with two attached hydrogens (primary N) is 1. The van der Waals surface area contributed by atoms with Crippen LogP contribution in [0.2, 0.25) is 0 Å². The molecule has 0 atom stereocenters. The van der Waals surface area contributed by atoms with E-state index in [1.54, 1.807) is 0 Å². The maximum absolute atomic E-state index is 9.59. The Morgan fingerprint density at radius 1 is 0.864 bits per heavy atom. The highest BCUT2D eigenvalue weighted by atomic mass is 14.9. The molecule has 0 aliphatic carbocycles. The lowest BCUT2D eigenvalue weighted by molar-refractivity contribution is 1.45. The predicted octanol–water partition coefficient (Wildman–Crippen LogP) is 3.89. The SMILES string of the molecule is N#Cc1c(N)c(C#N)c2cccc3c2c1-c1ccccc1N3. The lowest BCUT2D eigenvalue weighted by atomic mass is 9.86. The second-order valence-corrected chi connectivity index (χ2v) is 5.16. The van der Waals surface area contributed by atoms with Crippen LogP contribution in [-0.4, -0.2) is 0 Å². The predicted molar refractivity (Wildman–Crippen MR) is 86.5 cm³/mol. The second-order valence-electron chi connectivity index (χ2n) is 5.16. The first-order valence-corrected chi connectivity index (χ1v) is 6.81. The lowest BCUT2D eigenvalue weighted by Gasteiger charge is -2.24. The Morgan fingerprint density at radius 3 is 2.36 bits per heavy atom. The summed E-state index contributed by atoms with van der Waals surface area (Å²) < 4.78 is 0. The zero-order chi connectivity index (χ0) is 15.3. The fourth-order valence-corrected chi connectivity index (χ4v) is 3.13. The minimum Gasteiger partial charge on any atom is -0.397 e. The molecule has 0 spiro atoms. The van der Waals surface area contributed by atoms with Gasteiger partial charge in [-0.25, -0.2) is 0 Å². The van der Waals surface area contributed by atoms with Gasteiger partial charge >= 0.3 is 0 Å². The number of para-hydroxylation sites is 1. The van der Waals surface area contributed by atoms with Crippen molar-refractivity contribution in [3.63, 3.8) is 0 Å². The normalized spacial score (nSPS) is 11.2. The number of hydrogen-bond donors (Lipinski definition) is 2. The van der Waals surface area contributed by atoms with E-state index in [1.165, 1.54) is 0 Å². The van der Waals surface area contributed by atoms with E-state index in [4.69, 9.17) is 5.73 Å². The average molecular weight is 282 g/mol. The highest BCUT2D eigenvalue weighted by Gasteiger charge is 2.25. The summed E-state index contributed by atoms with van der Waals surface area (Å²) in [5.41, 5.74) is 10.6. The Labute approximate surface area is 127 Å². The molecule has 0 saturated heterocycles. The first-order chi connectivity index (χ1) is 10.8. The minimum atomic E-state index is 0.251. The molecule has 1 aliphatic heterocycles. The van der Waals surface area contributed by atoms with Crippen LogP contribution in [0.5, 0.6) is 0 Å². The summed E-state index contributed by atoms with van der Waals surface area (Å²) in [4.78, 5) is 0. The van der Waals surface area contributed by atoms with Crippen molar-refractivity contribution in [2.45, 2.75) is 0 Å². The van der Waals surface area contributed by atoms with Crippen LogP contribution in [-0.2, 0) is 0 Å². The number of nitriles is 2. The van der Waals surface area contributed by atoms with E-state index in [9.17, 15) is 10.5 Å². The summed E-state index contributed by atoms with van der Waals surface area (Å²) in [6, 6.07) is 17.8. The van der Waals surface area contributed by atoms with Gasteiger partial charge in [-0.2, -0.15) is 10.5 Å². The van der Waals surface area contributed by atoms with E-state index in [-0.39, 0.29) is 5.69 Å². The fourth-order valence-electron chi connectivity index (χ4n) is 3.13. The molecule has 0 amide bonds. The van der Waals surface area contributed by atoms with E-state index in [0.717, 1.165) is 33.3 Å². The van der Waals surface area contributed by atoms with E-state index in [2.05, 4.69) is 17.5 Å². The van der Waals surface area contributed by atoms with Crippen molar-refractivity contribution in [3.8, 4) is 23.3 Å². The Balaban J connectivity index is 2.33. The third-order valence-corrected chi connectivity index (χ3v) is 4.06. The monoisotopic (exact) mass is 282 g/mol. The van der Waals surface area contributed by atoms with Crippen LogP contribution in [0.25, 0.3) is 21.9 Å². The largest absolute Gasteiger partial charge is 0.397 e. The Bertz CT molecular complexity index is 1040.